The molecular weight excluding hydrogens is 394 g/mol. The molecule has 1 atom stereocenters. The van der Waals surface area contributed by atoms with Crippen LogP contribution in [0.4, 0.5) is 5.69 Å². The van der Waals surface area contributed by atoms with Crippen molar-refractivity contribution in [3.63, 3.8) is 0 Å². The van der Waals surface area contributed by atoms with Crippen LogP contribution in [0, 0.1) is 34.5 Å². The topological polar surface area (TPSA) is 108 Å². The molecule has 0 saturated heterocycles. The number of nitrogens with zero attached hydrogens (tertiary/aromatic N) is 1. The van der Waals surface area contributed by atoms with Crippen molar-refractivity contribution in [3.8, 4) is 6.07 Å². The number of anilines is 1. The molecule has 0 aliphatic heterocycles. The Morgan fingerprint density at radius 1 is 1.06 bits per heavy atom. The molecule has 0 heterocycles. The Bertz CT molecular complexity index is 867. The number of carbonyl (C=O) groups is 3. The molecule has 7 nitrogen and oxygen atoms in total. The van der Waals surface area contributed by atoms with Gasteiger partial charge in [0.25, 0.3) is 5.91 Å². The van der Waals surface area contributed by atoms with Gasteiger partial charge in [0.05, 0.1) is 11.6 Å². The molecule has 4 aliphatic rings. The molecule has 31 heavy (non-hydrogen) atoms. The predicted molar refractivity (Wildman–Crippen MR) is 114 cm³/mol. The monoisotopic (exact) mass is 423 g/mol. The van der Waals surface area contributed by atoms with E-state index in [4.69, 9.17) is 10.00 Å². The Balaban J connectivity index is 1.25. The van der Waals surface area contributed by atoms with Crippen LogP contribution in [0.2, 0.25) is 0 Å². The van der Waals surface area contributed by atoms with E-state index in [1.54, 1.807) is 18.2 Å². The number of nitrogens with one attached hydrogen (secondary N) is 2. The third-order valence-electron chi connectivity index (χ3n) is 7.36. The first-order valence-electron chi connectivity index (χ1n) is 11.1. The van der Waals surface area contributed by atoms with Crippen LogP contribution in [0.25, 0.3) is 0 Å². The molecule has 4 saturated carbocycles. The van der Waals surface area contributed by atoms with E-state index in [0.717, 1.165) is 17.8 Å². The Labute approximate surface area is 182 Å². The summed E-state index contributed by atoms with van der Waals surface area (Å²) in [7, 11) is 0. The summed E-state index contributed by atoms with van der Waals surface area (Å²) in [4.78, 5) is 36.1. The van der Waals surface area contributed by atoms with Crippen molar-refractivity contribution in [1.82, 2.24) is 5.32 Å². The maximum absolute atomic E-state index is 12.5. The van der Waals surface area contributed by atoms with Gasteiger partial charge in [0, 0.05) is 11.7 Å². The van der Waals surface area contributed by atoms with Gasteiger partial charge in [0.2, 0.25) is 5.91 Å². The summed E-state index contributed by atoms with van der Waals surface area (Å²) in [6.07, 6.45) is 7.46. The normalized spacial score (nSPS) is 29.0. The average molecular weight is 424 g/mol. The summed E-state index contributed by atoms with van der Waals surface area (Å²) in [5.41, 5.74) is 0.986. The van der Waals surface area contributed by atoms with E-state index < -0.39 is 11.9 Å². The second-order valence-electron chi connectivity index (χ2n) is 9.61. The molecule has 0 radical (unpaired) electrons. The SMILES string of the molecule is C[C@@H](NC(=O)COC(=O)c1ccc(NC(=O)CC#N)cc1)C12CC3CC(CC(C3)C1)C2. The van der Waals surface area contributed by atoms with E-state index in [9.17, 15) is 14.4 Å². The number of hydrogen-bond donors (Lipinski definition) is 2. The summed E-state index contributed by atoms with van der Waals surface area (Å²) in [6, 6.07) is 8.00. The Morgan fingerprint density at radius 3 is 2.19 bits per heavy atom. The lowest BCUT2D eigenvalue weighted by Gasteiger charge is -2.59. The van der Waals surface area contributed by atoms with Crippen LogP contribution in [0.3, 0.4) is 0 Å². The molecule has 0 aromatic heterocycles. The third-order valence-corrected chi connectivity index (χ3v) is 7.36. The highest BCUT2D eigenvalue weighted by atomic mass is 16.5. The largest absolute Gasteiger partial charge is 0.452 e. The van der Waals surface area contributed by atoms with E-state index in [-0.39, 0.29) is 30.4 Å². The molecule has 2 amide bonds. The molecule has 2 N–H and O–H groups in total. The van der Waals surface area contributed by atoms with Crippen molar-refractivity contribution in [2.45, 2.75) is 57.9 Å². The average Bonchev–Trinajstić information content (AvgIpc) is 2.71. The van der Waals surface area contributed by atoms with Gasteiger partial charge >= 0.3 is 5.97 Å². The van der Waals surface area contributed by atoms with E-state index in [1.165, 1.54) is 50.7 Å². The zero-order chi connectivity index (χ0) is 22.0. The molecule has 4 bridgehead atoms. The molecule has 7 heteroatoms. The maximum atomic E-state index is 12.5. The molecule has 4 fully saturated rings. The van der Waals surface area contributed by atoms with E-state index in [0.29, 0.717) is 11.3 Å². The van der Waals surface area contributed by atoms with Gasteiger partial charge in [0.1, 0.15) is 6.42 Å². The highest BCUT2D eigenvalue weighted by Gasteiger charge is 2.53. The number of nitriles is 1. The van der Waals surface area contributed by atoms with E-state index in [2.05, 4.69) is 17.6 Å². The van der Waals surface area contributed by atoms with Crippen LogP contribution in [0.5, 0.6) is 0 Å². The summed E-state index contributed by atoms with van der Waals surface area (Å²) in [5, 5.41) is 14.2. The Hall–Kier alpha value is -2.88. The van der Waals surface area contributed by atoms with Crippen molar-refractivity contribution in [2.75, 3.05) is 11.9 Å². The fraction of sp³-hybridized carbons (Fsp3) is 0.583. The molecule has 1 aromatic carbocycles. The second-order valence-corrected chi connectivity index (χ2v) is 9.61. The fourth-order valence-electron chi connectivity index (χ4n) is 6.33. The van der Waals surface area contributed by atoms with Crippen molar-refractivity contribution >= 4 is 23.5 Å². The summed E-state index contributed by atoms with van der Waals surface area (Å²) in [5.74, 6) is 1.18. The van der Waals surface area contributed by atoms with Gasteiger partial charge in [-0.3, -0.25) is 9.59 Å². The third kappa shape index (κ3) is 4.73. The molecule has 4 aliphatic carbocycles. The van der Waals surface area contributed by atoms with E-state index in [1.807, 2.05) is 0 Å². The number of esters is 1. The molecule has 1 aromatic rings. The summed E-state index contributed by atoms with van der Waals surface area (Å²) >= 11 is 0. The van der Waals surface area contributed by atoms with Gasteiger partial charge in [-0.2, -0.15) is 5.26 Å². The van der Waals surface area contributed by atoms with Gasteiger partial charge in [-0.15, -0.1) is 0 Å². The first-order valence-corrected chi connectivity index (χ1v) is 11.1. The fourth-order valence-corrected chi connectivity index (χ4v) is 6.33. The smallest absolute Gasteiger partial charge is 0.338 e. The number of benzene rings is 1. The Morgan fingerprint density at radius 2 is 1.65 bits per heavy atom. The zero-order valence-corrected chi connectivity index (χ0v) is 17.9. The van der Waals surface area contributed by atoms with Crippen LogP contribution in [0.15, 0.2) is 24.3 Å². The van der Waals surface area contributed by atoms with Crippen molar-refractivity contribution < 1.29 is 19.1 Å². The van der Waals surface area contributed by atoms with Crippen LogP contribution in [-0.4, -0.2) is 30.4 Å². The lowest BCUT2D eigenvalue weighted by Crippen LogP contribution is -2.56. The second kappa shape index (κ2) is 8.70. The molecule has 0 spiro atoms. The highest BCUT2D eigenvalue weighted by molar-refractivity contribution is 5.94. The Kier molecular flexibility index (Phi) is 5.99. The van der Waals surface area contributed by atoms with Gasteiger partial charge < -0.3 is 15.4 Å². The van der Waals surface area contributed by atoms with Crippen LogP contribution < -0.4 is 10.6 Å². The predicted octanol–water partition coefficient (Wildman–Crippen LogP) is 3.42. The lowest BCUT2D eigenvalue weighted by molar-refractivity contribution is -0.128. The number of carbonyl (C=O) groups excluding carboxylic acids is 3. The van der Waals surface area contributed by atoms with Crippen LogP contribution in [0.1, 0.15) is 62.2 Å². The molecule has 0 unspecified atom stereocenters. The zero-order valence-electron chi connectivity index (χ0n) is 17.9. The minimum absolute atomic E-state index is 0.0865. The minimum atomic E-state index is -0.590. The van der Waals surface area contributed by atoms with Crippen molar-refractivity contribution in [1.29, 1.82) is 5.26 Å². The quantitative estimate of drug-likeness (QED) is 0.653. The van der Waals surface area contributed by atoms with E-state index >= 15 is 0 Å². The lowest BCUT2D eigenvalue weighted by atomic mass is 9.48. The number of hydrogen-bond acceptors (Lipinski definition) is 5. The standard InChI is InChI=1S/C24H29N3O4/c1-15(24-11-16-8-17(12-24)10-18(9-16)13-24)26-22(29)14-31-23(30)19-2-4-20(5-3-19)27-21(28)6-7-25/h2-5,15-18H,6,8-14H2,1H3,(H,26,29)(H,27,28)/t15-,16?,17?,18?,24?/m1/s1. The highest BCUT2D eigenvalue weighted by Crippen LogP contribution is 2.61. The first-order chi connectivity index (χ1) is 14.9. The molecule has 5 rings (SSSR count). The maximum Gasteiger partial charge on any atom is 0.338 e. The van der Waals surface area contributed by atoms with Gasteiger partial charge in [-0.25, -0.2) is 4.79 Å². The van der Waals surface area contributed by atoms with Crippen LogP contribution >= 0.6 is 0 Å². The number of ether oxygens (including phenoxy) is 1. The first kappa shape index (κ1) is 21.4. The van der Waals surface area contributed by atoms with Crippen LogP contribution in [-0.2, 0) is 14.3 Å². The number of rotatable bonds is 7. The summed E-state index contributed by atoms with van der Waals surface area (Å²) < 4.78 is 5.19. The van der Waals surface area contributed by atoms with Gasteiger partial charge in [0.15, 0.2) is 6.61 Å². The minimum Gasteiger partial charge on any atom is -0.452 e. The number of amides is 2. The molecular formula is C24H29N3O4. The van der Waals surface area contributed by atoms with Crippen molar-refractivity contribution in [2.24, 2.45) is 23.2 Å². The van der Waals surface area contributed by atoms with Gasteiger partial charge in [-0.05, 0) is 92.9 Å². The summed E-state index contributed by atoms with van der Waals surface area (Å²) in [6.45, 7) is 1.79. The van der Waals surface area contributed by atoms with Crippen molar-refractivity contribution in [3.05, 3.63) is 29.8 Å². The van der Waals surface area contributed by atoms with Gasteiger partial charge in [-0.1, -0.05) is 0 Å². The molecule has 164 valence electrons.